The lowest BCUT2D eigenvalue weighted by atomic mass is 10.3. The summed E-state index contributed by atoms with van der Waals surface area (Å²) >= 11 is 8.29. The van der Waals surface area contributed by atoms with Crippen molar-refractivity contribution in [3.63, 3.8) is 0 Å². The molecule has 2 heterocycles. The fourth-order valence-electron chi connectivity index (χ4n) is 1.83. The van der Waals surface area contributed by atoms with E-state index >= 15 is 0 Å². The molecule has 0 saturated carbocycles. The number of carbonyl (C=O) groups is 1. The van der Waals surface area contributed by atoms with E-state index in [0.717, 1.165) is 0 Å². The number of carbonyl (C=O) groups excluding carboxylic acids is 1. The molecule has 0 unspecified atom stereocenters. The number of hydrogen-bond donors (Lipinski definition) is 1. The molecule has 6 nitrogen and oxygen atoms in total. The third-order valence-electron chi connectivity index (χ3n) is 2.84. The lowest BCUT2D eigenvalue weighted by molar-refractivity contribution is -0.384. The summed E-state index contributed by atoms with van der Waals surface area (Å²) < 4.78 is 0.574. The summed E-state index contributed by atoms with van der Waals surface area (Å²) in [5.74, 6) is 0.187. The molecule has 0 aliphatic heterocycles. The van der Waals surface area contributed by atoms with Crippen LogP contribution in [0.25, 0.3) is 11.0 Å². The molecule has 112 valence electrons. The molecule has 0 atom stereocenters. The highest BCUT2D eigenvalue weighted by Crippen LogP contribution is 2.26. The van der Waals surface area contributed by atoms with Crippen molar-refractivity contribution in [1.29, 1.82) is 0 Å². The Hall–Kier alpha value is -1.90. The van der Waals surface area contributed by atoms with Gasteiger partial charge in [0, 0.05) is 12.1 Å². The minimum absolute atomic E-state index is 0.00277. The lowest BCUT2D eigenvalue weighted by Gasteiger charge is -1.95. The number of thiophene rings is 1. The molecule has 22 heavy (non-hydrogen) atoms. The lowest BCUT2D eigenvalue weighted by Crippen LogP contribution is -1.99. The van der Waals surface area contributed by atoms with E-state index in [4.69, 9.17) is 11.6 Å². The van der Waals surface area contributed by atoms with Crippen LogP contribution in [0, 0.1) is 10.1 Å². The van der Waals surface area contributed by atoms with Gasteiger partial charge in [0.05, 0.1) is 30.9 Å². The van der Waals surface area contributed by atoms with Crippen LogP contribution < -0.4 is 0 Å². The average molecular weight is 354 g/mol. The van der Waals surface area contributed by atoms with E-state index in [1.165, 1.54) is 35.2 Å². The molecule has 3 aromatic rings. The second-order valence-electron chi connectivity index (χ2n) is 4.32. The molecule has 2 aromatic heterocycles. The van der Waals surface area contributed by atoms with Crippen molar-refractivity contribution in [2.45, 2.75) is 5.16 Å². The van der Waals surface area contributed by atoms with Gasteiger partial charge in [0.15, 0.2) is 10.9 Å². The number of fused-ring (bicyclic) bond motifs is 1. The monoisotopic (exact) mass is 353 g/mol. The first-order valence-electron chi connectivity index (χ1n) is 6.08. The van der Waals surface area contributed by atoms with E-state index in [2.05, 4.69) is 9.97 Å². The molecule has 0 spiro atoms. The van der Waals surface area contributed by atoms with Gasteiger partial charge in [-0.2, -0.15) is 0 Å². The van der Waals surface area contributed by atoms with E-state index in [1.54, 1.807) is 18.2 Å². The van der Waals surface area contributed by atoms with Crippen molar-refractivity contribution < 1.29 is 9.72 Å². The van der Waals surface area contributed by atoms with Crippen LogP contribution in [0.5, 0.6) is 0 Å². The maximum absolute atomic E-state index is 12.0. The van der Waals surface area contributed by atoms with Gasteiger partial charge in [-0.25, -0.2) is 4.98 Å². The van der Waals surface area contributed by atoms with Gasteiger partial charge in [-0.05, 0) is 18.2 Å². The number of non-ortho nitro benzene ring substituents is 1. The predicted molar refractivity (Wildman–Crippen MR) is 87.1 cm³/mol. The predicted octanol–water partition coefficient (Wildman–Crippen LogP) is 4.16. The fourth-order valence-corrected chi connectivity index (χ4v) is 3.67. The first-order chi connectivity index (χ1) is 10.5. The van der Waals surface area contributed by atoms with Crippen LogP contribution in [0.3, 0.4) is 0 Å². The molecular formula is C13H8ClN3O3S2. The van der Waals surface area contributed by atoms with E-state index in [1.807, 2.05) is 0 Å². The highest BCUT2D eigenvalue weighted by atomic mass is 35.5. The number of ketones is 1. The van der Waals surface area contributed by atoms with Crippen molar-refractivity contribution >= 4 is 57.2 Å². The SMILES string of the molecule is O=C(CSc1nc2ccc([N+](=O)[O-])cc2[nH]1)c1ccc(Cl)s1. The van der Waals surface area contributed by atoms with Crippen molar-refractivity contribution in [3.05, 3.63) is 49.7 Å². The van der Waals surface area contributed by atoms with Crippen molar-refractivity contribution in [1.82, 2.24) is 9.97 Å². The number of Topliss-reactive ketones (excluding diaryl/α,β-unsaturated/α-hetero) is 1. The standard InChI is InChI=1S/C13H8ClN3O3S2/c14-12-4-3-11(22-12)10(18)6-21-13-15-8-2-1-7(17(19)20)5-9(8)16-13/h1-5H,6H2,(H,15,16). The Balaban J connectivity index is 1.74. The van der Waals surface area contributed by atoms with Gasteiger partial charge in [-0.3, -0.25) is 14.9 Å². The fraction of sp³-hybridized carbons (Fsp3) is 0.0769. The van der Waals surface area contributed by atoms with Crippen molar-refractivity contribution in [2.75, 3.05) is 5.75 Å². The number of imidazole rings is 1. The van der Waals surface area contributed by atoms with Gasteiger partial charge in [0.1, 0.15) is 0 Å². The highest BCUT2D eigenvalue weighted by molar-refractivity contribution is 7.99. The van der Waals surface area contributed by atoms with Gasteiger partial charge in [-0.15, -0.1) is 11.3 Å². The summed E-state index contributed by atoms with van der Waals surface area (Å²) in [4.78, 5) is 30.1. The maximum atomic E-state index is 12.0. The quantitative estimate of drug-likeness (QED) is 0.322. The number of aromatic nitrogens is 2. The topological polar surface area (TPSA) is 88.9 Å². The first kappa shape index (κ1) is 15.0. The van der Waals surface area contributed by atoms with Crippen LogP contribution in [-0.4, -0.2) is 26.4 Å². The number of rotatable bonds is 5. The zero-order chi connectivity index (χ0) is 15.7. The number of aromatic amines is 1. The smallest absolute Gasteiger partial charge is 0.271 e. The molecule has 0 fully saturated rings. The average Bonchev–Trinajstić information content (AvgIpc) is 3.09. The van der Waals surface area contributed by atoms with Crippen LogP contribution in [0.2, 0.25) is 4.34 Å². The second kappa shape index (κ2) is 6.07. The largest absolute Gasteiger partial charge is 0.333 e. The molecular weight excluding hydrogens is 346 g/mol. The Morgan fingerprint density at radius 2 is 2.23 bits per heavy atom. The van der Waals surface area contributed by atoms with Crippen LogP contribution in [0.4, 0.5) is 5.69 Å². The van der Waals surface area contributed by atoms with Crippen LogP contribution in [0.1, 0.15) is 9.67 Å². The summed E-state index contributed by atoms with van der Waals surface area (Å²) in [5, 5.41) is 11.3. The molecule has 0 radical (unpaired) electrons. The summed E-state index contributed by atoms with van der Waals surface area (Å²) in [6.45, 7) is 0. The molecule has 0 aliphatic rings. The van der Waals surface area contributed by atoms with E-state index in [0.29, 0.717) is 25.4 Å². The Labute approximate surface area is 137 Å². The van der Waals surface area contributed by atoms with Crippen molar-refractivity contribution in [3.8, 4) is 0 Å². The van der Waals surface area contributed by atoms with Gasteiger partial charge in [0.2, 0.25) is 0 Å². The van der Waals surface area contributed by atoms with Gasteiger partial charge >= 0.3 is 0 Å². The van der Waals surface area contributed by atoms with E-state index < -0.39 is 4.92 Å². The normalized spacial score (nSPS) is 11.0. The molecule has 0 saturated heterocycles. The zero-order valence-electron chi connectivity index (χ0n) is 10.9. The molecule has 3 rings (SSSR count). The number of halogens is 1. The maximum Gasteiger partial charge on any atom is 0.271 e. The third-order valence-corrected chi connectivity index (χ3v) is 4.99. The molecule has 0 amide bonds. The summed E-state index contributed by atoms with van der Waals surface area (Å²) in [6, 6.07) is 7.78. The molecule has 1 aromatic carbocycles. The van der Waals surface area contributed by atoms with E-state index in [9.17, 15) is 14.9 Å². The Kier molecular flexibility index (Phi) is 4.14. The molecule has 0 bridgehead atoms. The summed E-state index contributed by atoms with van der Waals surface area (Å²) in [5.41, 5.74) is 1.19. The highest BCUT2D eigenvalue weighted by Gasteiger charge is 2.13. The number of benzene rings is 1. The number of nitrogens with one attached hydrogen (secondary N) is 1. The first-order valence-corrected chi connectivity index (χ1v) is 8.26. The number of thioether (sulfide) groups is 1. The number of H-pyrrole nitrogens is 1. The zero-order valence-corrected chi connectivity index (χ0v) is 13.3. The summed E-state index contributed by atoms with van der Waals surface area (Å²) in [6.07, 6.45) is 0. The van der Waals surface area contributed by atoms with Crippen LogP contribution >= 0.6 is 34.7 Å². The Bertz CT molecular complexity index is 874. The summed E-state index contributed by atoms with van der Waals surface area (Å²) in [7, 11) is 0. The van der Waals surface area contributed by atoms with Gasteiger partial charge < -0.3 is 4.98 Å². The number of nitro benzene ring substituents is 1. The number of nitrogens with zero attached hydrogens (tertiary/aromatic N) is 2. The van der Waals surface area contributed by atoms with Crippen LogP contribution in [0.15, 0.2) is 35.5 Å². The van der Waals surface area contributed by atoms with E-state index in [-0.39, 0.29) is 17.2 Å². The minimum Gasteiger partial charge on any atom is -0.333 e. The van der Waals surface area contributed by atoms with Crippen molar-refractivity contribution in [2.24, 2.45) is 0 Å². The number of hydrogen-bond acceptors (Lipinski definition) is 6. The second-order valence-corrected chi connectivity index (χ2v) is 7.00. The van der Waals surface area contributed by atoms with Crippen LogP contribution in [-0.2, 0) is 0 Å². The van der Waals surface area contributed by atoms with Gasteiger partial charge in [-0.1, -0.05) is 23.4 Å². The molecule has 0 aliphatic carbocycles. The Morgan fingerprint density at radius 1 is 1.41 bits per heavy atom. The minimum atomic E-state index is -0.461. The molecule has 9 heteroatoms. The molecule has 1 N–H and O–H groups in total. The Morgan fingerprint density at radius 3 is 2.91 bits per heavy atom. The third kappa shape index (κ3) is 3.13. The van der Waals surface area contributed by atoms with Gasteiger partial charge in [0.25, 0.3) is 5.69 Å². The number of nitro groups is 1.